The van der Waals surface area contributed by atoms with E-state index < -0.39 is 5.97 Å². The van der Waals surface area contributed by atoms with Gasteiger partial charge in [0.25, 0.3) is 0 Å². The van der Waals surface area contributed by atoms with Crippen LogP contribution in [-0.2, 0) is 11.2 Å². The van der Waals surface area contributed by atoms with E-state index in [0.717, 1.165) is 18.4 Å². The molecule has 1 aromatic carbocycles. The fourth-order valence-electron chi connectivity index (χ4n) is 2.53. The van der Waals surface area contributed by atoms with E-state index in [1.54, 1.807) is 6.07 Å². The summed E-state index contributed by atoms with van der Waals surface area (Å²) in [7, 11) is 0. The van der Waals surface area contributed by atoms with Crippen LogP contribution in [0.2, 0.25) is 0 Å². The predicted octanol–water partition coefficient (Wildman–Crippen LogP) is 5.30. The molecular formula is C19H28O3. The maximum atomic E-state index is 11.3. The number of hydrogen-bond donors (Lipinski definition) is 1. The van der Waals surface area contributed by atoms with Gasteiger partial charge in [0.15, 0.2) is 0 Å². The number of carboxylic acids is 1. The van der Waals surface area contributed by atoms with E-state index in [1.165, 1.54) is 32.1 Å². The Balaban J connectivity index is 2.67. The van der Waals surface area contributed by atoms with Crippen LogP contribution in [0.5, 0.6) is 0 Å². The summed E-state index contributed by atoms with van der Waals surface area (Å²) >= 11 is 0. The number of hydrogen-bond acceptors (Lipinski definition) is 2. The number of carboxylic acid groups (broad SMARTS) is 1. The third-order valence-corrected chi connectivity index (χ3v) is 3.75. The molecule has 0 radical (unpaired) electrons. The summed E-state index contributed by atoms with van der Waals surface area (Å²) in [4.78, 5) is 11.3. The molecule has 22 heavy (non-hydrogen) atoms. The lowest BCUT2D eigenvalue weighted by Crippen LogP contribution is -2.04. The average Bonchev–Trinajstić information content (AvgIpc) is 2.50. The lowest BCUT2D eigenvalue weighted by Gasteiger charge is -2.12. The second kappa shape index (κ2) is 10.0. The van der Waals surface area contributed by atoms with Gasteiger partial charge in [-0.25, -0.2) is 4.79 Å². The Morgan fingerprint density at radius 1 is 1.09 bits per heavy atom. The normalized spacial score (nSPS) is 10.5. The molecule has 122 valence electrons. The summed E-state index contributed by atoms with van der Waals surface area (Å²) in [6, 6.07) is 5.47. The fourth-order valence-corrected chi connectivity index (χ4v) is 2.53. The van der Waals surface area contributed by atoms with Crippen LogP contribution in [0.15, 0.2) is 24.8 Å². The van der Waals surface area contributed by atoms with Crippen molar-refractivity contribution in [2.75, 3.05) is 6.61 Å². The van der Waals surface area contributed by atoms with E-state index in [1.807, 2.05) is 19.1 Å². The zero-order valence-corrected chi connectivity index (χ0v) is 13.9. The standard InChI is InChI=1S/C19H28O3/c1-4-6-7-8-9-10-11-16-12-13-17(19(20)21)18(14-16)15(3)22-5-2/h12-14H,3-11H2,1-2H3,(H,20,21). The number of ether oxygens (including phenoxy) is 1. The number of aromatic carboxylic acids is 1. The highest BCUT2D eigenvalue weighted by Gasteiger charge is 2.14. The highest BCUT2D eigenvalue weighted by Crippen LogP contribution is 2.22. The van der Waals surface area contributed by atoms with E-state index in [2.05, 4.69) is 13.5 Å². The quantitative estimate of drug-likeness (QED) is 0.446. The van der Waals surface area contributed by atoms with Crippen LogP contribution in [-0.4, -0.2) is 17.7 Å². The first-order valence-electron chi connectivity index (χ1n) is 8.28. The van der Waals surface area contributed by atoms with Crippen LogP contribution in [0.3, 0.4) is 0 Å². The molecule has 0 aliphatic rings. The van der Waals surface area contributed by atoms with Gasteiger partial charge in [-0.15, -0.1) is 0 Å². The molecule has 1 rings (SSSR count). The van der Waals surface area contributed by atoms with Gasteiger partial charge in [0.2, 0.25) is 0 Å². The van der Waals surface area contributed by atoms with E-state index in [9.17, 15) is 9.90 Å². The summed E-state index contributed by atoms with van der Waals surface area (Å²) in [5.74, 6) is -0.508. The van der Waals surface area contributed by atoms with Gasteiger partial charge in [-0.1, -0.05) is 51.7 Å². The highest BCUT2D eigenvalue weighted by atomic mass is 16.5. The van der Waals surface area contributed by atoms with Crippen molar-refractivity contribution >= 4 is 11.7 Å². The maximum Gasteiger partial charge on any atom is 0.336 e. The Labute approximate surface area is 134 Å². The third kappa shape index (κ3) is 5.92. The second-order valence-corrected chi connectivity index (χ2v) is 5.56. The molecule has 0 aromatic heterocycles. The van der Waals surface area contributed by atoms with Gasteiger partial charge >= 0.3 is 5.97 Å². The van der Waals surface area contributed by atoms with Crippen LogP contribution in [0.25, 0.3) is 5.76 Å². The molecule has 0 bridgehead atoms. The number of benzene rings is 1. The molecule has 3 nitrogen and oxygen atoms in total. The van der Waals surface area contributed by atoms with Crippen molar-refractivity contribution in [1.82, 2.24) is 0 Å². The lowest BCUT2D eigenvalue weighted by molar-refractivity contribution is 0.0696. The average molecular weight is 304 g/mol. The van der Waals surface area contributed by atoms with Crippen molar-refractivity contribution in [3.8, 4) is 0 Å². The summed E-state index contributed by atoms with van der Waals surface area (Å²) in [5.41, 5.74) is 2.00. The minimum absolute atomic E-state index is 0.255. The van der Waals surface area contributed by atoms with Gasteiger partial charge in [0.05, 0.1) is 12.2 Å². The summed E-state index contributed by atoms with van der Waals surface area (Å²) in [6.07, 6.45) is 8.49. The summed E-state index contributed by atoms with van der Waals surface area (Å²) in [5, 5.41) is 9.27. The van der Waals surface area contributed by atoms with Crippen LogP contribution in [0.1, 0.15) is 73.9 Å². The molecule has 0 spiro atoms. The maximum absolute atomic E-state index is 11.3. The van der Waals surface area contributed by atoms with Crippen molar-refractivity contribution in [3.05, 3.63) is 41.5 Å². The molecule has 0 saturated carbocycles. The van der Waals surface area contributed by atoms with E-state index in [4.69, 9.17) is 4.74 Å². The Hall–Kier alpha value is -1.77. The van der Waals surface area contributed by atoms with E-state index >= 15 is 0 Å². The van der Waals surface area contributed by atoms with E-state index in [-0.39, 0.29) is 5.56 Å². The molecule has 3 heteroatoms. The molecule has 0 saturated heterocycles. The molecule has 0 aliphatic heterocycles. The largest absolute Gasteiger partial charge is 0.494 e. The molecule has 0 atom stereocenters. The second-order valence-electron chi connectivity index (χ2n) is 5.56. The van der Waals surface area contributed by atoms with Gasteiger partial charge in [0, 0.05) is 5.56 Å². The minimum Gasteiger partial charge on any atom is -0.494 e. The van der Waals surface area contributed by atoms with Crippen LogP contribution >= 0.6 is 0 Å². The number of aryl methyl sites for hydroxylation is 1. The SMILES string of the molecule is C=C(OCC)c1cc(CCCCCCCC)ccc1C(=O)O. The van der Waals surface area contributed by atoms with Crippen molar-refractivity contribution in [2.24, 2.45) is 0 Å². The van der Waals surface area contributed by atoms with Crippen molar-refractivity contribution in [2.45, 2.75) is 58.8 Å². The molecule has 0 amide bonds. The lowest BCUT2D eigenvalue weighted by atomic mass is 9.99. The Bertz CT molecular complexity index is 491. The topological polar surface area (TPSA) is 46.5 Å². The van der Waals surface area contributed by atoms with E-state index in [0.29, 0.717) is 17.9 Å². The van der Waals surface area contributed by atoms with Crippen LogP contribution in [0.4, 0.5) is 0 Å². The Kier molecular flexibility index (Phi) is 8.34. The first kappa shape index (κ1) is 18.3. The number of carbonyl (C=O) groups is 1. The molecule has 0 fully saturated rings. The molecule has 1 aromatic rings. The molecule has 0 heterocycles. The molecule has 0 unspecified atom stereocenters. The van der Waals surface area contributed by atoms with Crippen molar-refractivity contribution in [3.63, 3.8) is 0 Å². The number of rotatable bonds is 11. The number of unbranched alkanes of at least 4 members (excludes halogenated alkanes) is 5. The zero-order chi connectivity index (χ0) is 16.4. The first-order chi connectivity index (χ1) is 10.6. The molecular weight excluding hydrogens is 276 g/mol. The fraction of sp³-hybridized carbons (Fsp3) is 0.526. The Morgan fingerprint density at radius 2 is 1.77 bits per heavy atom. The van der Waals surface area contributed by atoms with Gasteiger partial charge in [-0.3, -0.25) is 0 Å². The van der Waals surface area contributed by atoms with Crippen molar-refractivity contribution < 1.29 is 14.6 Å². The molecule has 0 aliphatic carbocycles. The predicted molar refractivity (Wildman–Crippen MR) is 91.1 cm³/mol. The summed E-state index contributed by atoms with van der Waals surface area (Å²) in [6.45, 7) is 8.41. The third-order valence-electron chi connectivity index (χ3n) is 3.75. The highest BCUT2D eigenvalue weighted by molar-refractivity contribution is 5.93. The smallest absolute Gasteiger partial charge is 0.336 e. The summed E-state index contributed by atoms with van der Waals surface area (Å²) < 4.78 is 5.39. The molecule has 1 N–H and O–H groups in total. The first-order valence-corrected chi connectivity index (χ1v) is 8.28. The minimum atomic E-state index is -0.943. The zero-order valence-electron chi connectivity index (χ0n) is 13.9. The van der Waals surface area contributed by atoms with Gasteiger partial charge in [0.1, 0.15) is 5.76 Å². The van der Waals surface area contributed by atoms with Crippen molar-refractivity contribution in [1.29, 1.82) is 0 Å². The van der Waals surface area contributed by atoms with Gasteiger partial charge in [-0.2, -0.15) is 0 Å². The Morgan fingerprint density at radius 3 is 2.41 bits per heavy atom. The van der Waals surface area contributed by atoms with Gasteiger partial charge in [-0.05, 0) is 37.5 Å². The van der Waals surface area contributed by atoms with Crippen LogP contribution < -0.4 is 0 Å². The van der Waals surface area contributed by atoms with Crippen LogP contribution in [0, 0.1) is 0 Å². The monoisotopic (exact) mass is 304 g/mol. The van der Waals surface area contributed by atoms with Gasteiger partial charge < -0.3 is 9.84 Å².